The Balaban J connectivity index is 1.28. The van der Waals surface area contributed by atoms with Gasteiger partial charge in [-0.3, -0.25) is 9.59 Å². The molecule has 3 N–H and O–H groups in total. The SMILES string of the molecule is CC(=O)NCCNCc1ccc(OCc2cccc(-c3ccccc3)c2C)cc1O[C@H]1C[C@@]12CCC(=O)N2. The highest BCUT2D eigenvalue weighted by atomic mass is 16.5. The number of rotatable bonds is 11. The summed E-state index contributed by atoms with van der Waals surface area (Å²) in [5, 5.41) is 9.25. The standard InChI is InChI=1S/C31H35N3O4/c1-21-25(9-6-10-27(21)23-7-4-3-5-8-23)20-37-26-12-11-24(19-32-15-16-33-22(2)35)28(17-26)38-29-18-31(29)14-13-30(36)34-31/h3-12,17,29,32H,13-16,18-20H2,1-2H3,(H,33,35)(H,34,36)/t29-,31-/m0/s1. The summed E-state index contributed by atoms with van der Waals surface area (Å²) in [5.74, 6) is 1.55. The predicted molar refractivity (Wildman–Crippen MR) is 147 cm³/mol. The Morgan fingerprint density at radius 3 is 2.66 bits per heavy atom. The molecule has 3 aromatic rings. The van der Waals surface area contributed by atoms with Gasteiger partial charge in [0.2, 0.25) is 11.8 Å². The molecule has 0 unspecified atom stereocenters. The molecule has 1 aliphatic carbocycles. The van der Waals surface area contributed by atoms with Gasteiger partial charge < -0.3 is 25.4 Å². The molecule has 1 heterocycles. The third-order valence-electron chi connectivity index (χ3n) is 7.42. The van der Waals surface area contributed by atoms with Crippen molar-refractivity contribution in [3.05, 3.63) is 83.4 Å². The van der Waals surface area contributed by atoms with Gasteiger partial charge >= 0.3 is 0 Å². The molecule has 5 rings (SSSR count). The van der Waals surface area contributed by atoms with Gasteiger partial charge in [-0.25, -0.2) is 0 Å². The molecule has 3 aromatic carbocycles. The molecular formula is C31H35N3O4. The zero-order valence-electron chi connectivity index (χ0n) is 22.0. The van der Waals surface area contributed by atoms with E-state index in [0.29, 0.717) is 32.7 Å². The maximum absolute atomic E-state index is 11.8. The highest BCUT2D eigenvalue weighted by Gasteiger charge is 2.60. The zero-order valence-corrected chi connectivity index (χ0v) is 22.0. The number of hydrogen-bond donors (Lipinski definition) is 3. The van der Waals surface area contributed by atoms with Gasteiger partial charge in [-0.2, -0.15) is 0 Å². The monoisotopic (exact) mass is 513 g/mol. The van der Waals surface area contributed by atoms with Crippen molar-refractivity contribution in [2.75, 3.05) is 13.1 Å². The van der Waals surface area contributed by atoms with Crippen LogP contribution in [0.25, 0.3) is 11.1 Å². The average molecular weight is 514 g/mol. The molecule has 7 heteroatoms. The number of nitrogens with one attached hydrogen (secondary N) is 3. The van der Waals surface area contributed by atoms with E-state index in [1.807, 2.05) is 24.3 Å². The van der Waals surface area contributed by atoms with Crippen LogP contribution in [0.2, 0.25) is 0 Å². The van der Waals surface area contributed by atoms with Gasteiger partial charge in [-0.1, -0.05) is 54.6 Å². The second kappa shape index (κ2) is 11.3. The Hall–Kier alpha value is -3.84. The van der Waals surface area contributed by atoms with Gasteiger partial charge in [-0.05, 0) is 41.7 Å². The maximum atomic E-state index is 11.8. The van der Waals surface area contributed by atoms with E-state index in [-0.39, 0.29) is 23.5 Å². The smallest absolute Gasteiger partial charge is 0.220 e. The fourth-order valence-electron chi connectivity index (χ4n) is 5.08. The molecule has 0 radical (unpaired) electrons. The second-order valence-corrected chi connectivity index (χ2v) is 10.2. The summed E-state index contributed by atoms with van der Waals surface area (Å²) in [6, 6.07) is 22.6. The molecule has 2 fully saturated rings. The quantitative estimate of drug-likeness (QED) is 0.334. The van der Waals surface area contributed by atoms with Gasteiger partial charge in [0.05, 0.1) is 5.54 Å². The second-order valence-electron chi connectivity index (χ2n) is 10.2. The van der Waals surface area contributed by atoms with Gasteiger partial charge in [0.25, 0.3) is 0 Å². The van der Waals surface area contributed by atoms with Crippen molar-refractivity contribution in [3.8, 4) is 22.6 Å². The number of benzene rings is 3. The van der Waals surface area contributed by atoms with Crippen molar-refractivity contribution in [3.63, 3.8) is 0 Å². The molecule has 0 aromatic heterocycles. The topological polar surface area (TPSA) is 88.7 Å². The van der Waals surface area contributed by atoms with Crippen LogP contribution in [-0.4, -0.2) is 36.5 Å². The molecule has 1 saturated heterocycles. The summed E-state index contributed by atoms with van der Waals surface area (Å²) in [5.41, 5.74) is 5.51. The highest BCUT2D eigenvalue weighted by molar-refractivity contribution is 5.80. The molecule has 1 saturated carbocycles. The van der Waals surface area contributed by atoms with E-state index in [2.05, 4.69) is 65.3 Å². The Morgan fingerprint density at radius 1 is 1.05 bits per heavy atom. The van der Waals surface area contributed by atoms with E-state index in [0.717, 1.165) is 35.5 Å². The number of carbonyl (C=O) groups excluding carboxylic acids is 2. The highest BCUT2D eigenvalue weighted by Crippen LogP contribution is 2.46. The van der Waals surface area contributed by atoms with E-state index in [1.54, 1.807) is 0 Å². The number of ether oxygens (including phenoxy) is 2. The van der Waals surface area contributed by atoms with Gasteiger partial charge in [0, 0.05) is 51.0 Å². The fourth-order valence-corrected chi connectivity index (χ4v) is 5.08. The first-order valence-electron chi connectivity index (χ1n) is 13.3. The molecule has 1 aliphatic heterocycles. The molecule has 2 amide bonds. The van der Waals surface area contributed by atoms with Crippen molar-refractivity contribution in [2.45, 2.75) is 57.9 Å². The van der Waals surface area contributed by atoms with Crippen molar-refractivity contribution in [1.29, 1.82) is 0 Å². The third kappa shape index (κ3) is 6.00. The molecule has 198 valence electrons. The average Bonchev–Trinajstić information content (AvgIpc) is 3.43. The Labute approximate surface area is 223 Å². The van der Waals surface area contributed by atoms with Crippen LogP contribution in [0, 0.1) is 6.92 Å². The maximum Gasteiger partial charge on any atom is 0.220 e. The van der Waals surface area contributed by atoms with Gasteiger partial charge in [0.15, 0.2) is 0 Å². The van der Waals surface area contributed by atoms with Crippen LogP contribution in [-0.2, 0) is 22.7 Å². The van der Waals surface area contributed by atoms with Crippen molar-refractivity contribution < 1.29 is 19.1 Å². The van der Waals surface area contributed by atoms with Crippen LogP contribution in [0.1, 0.15) is 42.9 Å². The van der Waals surface area contributed by atoms with Crippen LogP contribution >= 0.6 is 0 Å². The van der Waals surface area contributed by atoms with Crippen LogP contribution in [0.3, 0.4) is 0 Å². The van der Waals surface area contributed by atoms with Gasteiger partial charge in [-0.15, -0.1) is 0 Å². The van der Waals surface area contributed by atoms with E-state index < -0.39 is 0 Å². The molecule has 2 aliphatic rings. The summed E-state index contributed by atoms with van der Waals surface area (Å²) >= 11 is 0. The minimum Gasteiger partial charge on any atom is -0.489 e. The van der Waals surface area contributed by atoms with E-state index in [9.17, 15) is 9.59 Å². The Kier molecular flexibility index (Phi) is 7.65. The molecule has 2 atom stereocenters. The van der Waals surface area contributed by atoms with Crippen molar-refractivity contribution in [2.24, 2.45) is 0 Å². The first-order valence-corrected chi connectivity index (χ1v) is 13.3. The molecule has 7 nitrogen and oxygen atoms in total. The largest absolute Gasteiger partial charge is 0.489 e. The Bertz CT molecular complexity index is 1310. The number of hydrogen-bond acceptors (Lipinski definition) is 5. The minimum absolute atomic E-state index is 0.0351. The van der Waals surface area contributed by atoms with E-state index >= 15 is 0 Å². The van der Waals surface area contributed by atoms with E-state index in [1.165, 1.54) is 23.6 Å². The lowest BCUT2D eigenvalue weighted by molar-refractivity contribution is -0.120. The van der Waals surface area contributed by atoms with Gasteiger partial charge in [0.1, 0.15) is 24.2 Å². The molecule has 38 heavy (non-hydrogen) atoms. The summed E-state index contributed by atoms with van der Waals surface area (Å²) < 4.78 is 12.7. The summed E-state index contributed by atoms with van der Waals surface area (Å²) in [7, 11) is 0. The Morgan fingerprint density at radius 2 is 1.89 bits per heavy atom. The zero-order chi connectivity index (χ0) is 26.5. The normalized spacial score (nSPS) is 19.7. The number of carbonyl (C=O) groups is 2. The first-order chi connectivity index (χ1) is 18.4. The third-order valence-corrected chi connectivity index (χ3v) is 7.42. The summed E-state index contributed by atoms with van der Waals surface area (Å²) in [6.07, 6.45) is 2.16. The molecule has 0 bridgehead atoms. The van der Waals surface area contributed by atoms with Crippen LogP contribution in [0.5, 0.6) is 11.5 Å². The first kappa shape index (κ1) is 25.8. The van der Waals surface area contributed by atoms with Crippen LogP contribution < -0.4 is 25.4 Å². The molecular weight excluding hydrogens is 478 g/mol. The predicted octanol–water partition coefficient (Wildman–Crippen LogP) is 4.27. The lowest BCUT2D eigenvalue weighted by atomic mass is 9.97. The van der Waals surface area contributed by atoms with Crippen molar-refractivity contribution in [1.82, 2.24) is 16.0 Å². The fraction of sp³-hybridized carbons (Fsp3) is 0.355. The minimum atomic E-state index is -0.223. The van der Waals surface area contributed by atoms with Crippen molar-refractivity contribution >= 4 is 11.8 Å². The van der Waals surface area contributed by atoms with Crippen LogP contribution in [0.4, 0.5) is 0 Å². The summed E-state index contributed by atoms with van der Waals surface area (Å²) in [4.78, 5) is 22.9. The summed E-state index contributed by atoms with van der Waals surface area (Å²) in [6.45, 7) is 5.90. The number of amides is 2. The lowest BCUT2D eigenvalue weighted by Crippen LogP contribution is -2.32. The molecule has 1 spiro atoms. The van der Waals surface area contributed by atoms with Crippen LogP contribution in [0.15, 0.2) is 66.7 Å². The lowest BCUT2D eigenvalue weighted by Gasteiger charge is -2.17. The van der Waals surface area contributed by atoms with E-state index in [4.69, 9.17) is 9.47 Å².